The van der Waals surface area contributed by atoms with Gasteiger partial charge < -0.3 is 25.6 Å². The molecule has 1 saturated heterocycles. The Hall–Kier alpha value is -4.17. The first kappa shape index (κ1) is 41.0. The number of hydrogen-bond donors (Lipinski definition) is 3. The van der Waals surface area contributed by atoms with Crippen molar-refractivity contribution in [3.8, 4) is 0 Å². The fraction of sp³-hybridized carbons (Fsp3) is 0.488. The maximum absolute atomic E-state index is 13.4. The molecule has 0 aromatic heterocycles. The number of carbonyl (C=O) groups is 3. The van der Waals surface area contributed by atoms with Crippen LogP contribution in [-0.4, -0.2) is 60.9 Å². The second kappa shape index (κ2) is 21.7. The van der Waals surface area contributed by atoms with Gasteiger partial charge in [0.25, 0.3) is 11.8 Å². The van der Waals surface area contributed by atoms with E-state index in [9.17, 15) is 14.4 Å². The zero-order valence-electron chi connectivity index (χ0n) is 31.1. The Kier molecular flexibility index (Phi) is 18.2. The van der Waals surface area contributed by atoms with Crippen molar-refractivity contribution in [2.24, 2.45) is 5.92 Å². The number of hydrogen-bond acceptors (Lipinski definition) is 6. The summed E-state index contributed by atoms with van der Waals surface area (Å²) in [6.45, 7) is 20.1. The quantitative estimate of drug-likeness (QED) is 0.0641. The smallest absolute Gasteiger partial charge is 0.251 e. The lowest BCUT2D eigenvalue weighted by atomic mass is 9.97. The maximum Gasteiger partial charge on any atom is 0.251 e. The normalized spacial score (nSPS) is 16.6. The van der Waals surface area contributed by atoms with Crippen LogP contribution in [0, 0.1) is 5.92 Å². The van der Waals surface area contributed by atoms with Crippen molar-refractivity contribution in [3.63, 3.8) is 0 Å². The highest BCUT2D eigenvalue weighted by Crippen LogP contribution is 2.31. The molecule has 0 aliphatic carbocycles. The van der Waals surface area contributed by atoms with Gasteiger partial charge in [-0.3, -0.25) is 14.4 Å². The largest absolute Gasteiger partial charge is 0.385 e. The highest BCUT2D eigenvalue weighted by molar-refractivity contribution is 6.04. The van der Waals surface area contributed by atoms with E-state index in [2.05, 4.69) is 34.4 Å². The number of benzene rings is 2. The Morgan fingerprint density at radius 2 is 1.76 bits per heavy atom. The van der Waals surface area contributed by atoms with E-state index >= 15 is 0 Å². The van der Waals surface area contributed by atoms with Crippen molar-refractivity contribution in [1.29, 1.82) is 0 Å². The lowest BCUT2D eigenvalue weighted by molar-refractivity contribution is -0.117. The first-order valence-corrected chi connectivity index (χ1v) is 17.9. The van der Waals surface area contributed by atoms with E-state index in [-0.39, 0.29) is 35.6 Å². The molecule has 1 aliphatic heterocycles. The minimum Gasteiger partial charge on any atom is -0.385 e. The SMILES string of the molecule is C=C(/C=C\C(=C/CC)C(=O)NCc1ccccc1)N1C(C)CCC1CC(C)NC(=O)c1ccc(C(=O)C(C)C)c(NCCCOC)c1.CC. The molecule has 49 heavy (non-hydrogen) atoms. The molecule has 1 heterocycles. The number of methoxy groups -OCH3 is 1. The predicted molar refractivity (Wildman–Crippen MR) is 203 cm³/mol. The highest BCUT2D eigenvalue weighted by atomic mass is 16.5. The van der Waals surface area contributed by atoms with E-state index in [1.54, 1.807) is 25.3 Å². The van der Waals surface area contributed by atoms with Crippen LogP contribution in [0.25, 0.3) is 0 Å². The van der Waals surface area contributed by atoms with E-state index in [0.29, 0.717) is 48.1 Å². The Bertz CT molecular complexity index is 1420. The fourth-order valence-electron chi connectivity index (χ4n) is 6.00. The van der Waals surface area contributed by atoms with Crippen LogP contribution < -0.4 is 16.0 Å². The zero-order chi connectivity index (χ0) is 36.3. The maximum atomic E-state index is 13.4. The molecule has 3 unspecified atom stereocenters. The van der Waals surface area contributed by atoms with Crippen LogP contribution in [0.1, 0.15) is 107 Å². The molecule has 3 rings (SSSR count). The topological polar surface area (TPSA) is 99.8 Å². The third kappa shape index (κ3) is 13.0. The molecule has 0 spiro atoms. The van der Waals surface area contributed by atoms with Crippen molar-refractivity contribution in [1.82, 2.24) is 15.5 Å². The third-order valence-corrected chi connectivity index (χ3v) is 8.47. The molecule has 0 saturated carbocycles. The molecule has 0 radical (unpaired) electrons. The van der Waals surface area contributed by atoms with Gasteiger partial charge in [0.15, 0.2) is 5.78 Å². The van der Waals surface area contributed by atoms with Crippen LogP contribution in [0.2, 0.25) is 0 Å². The Labute approximate surface area is 295 Å². The number of carbonyl (C=O) groups excluding carboxylic acids is 3. The van der Waals surface area contributed by atoms with Gasteiger partial charge in [-0.2, -0.15) is 0 Å². The standard InChI is InChI=1S/C39H54N4O4.C2H6/c1-8-13-32(38(45)41-26-31-14-10-9-11-15-31)18-16-29(5)43-30(6)17-20-34(43)24-28(4)42-39(46)33-19-21-35(37(44)27(2)3)36(25-33)40-22-12-23-47-7;1-2/h9-11,13-16,18-19,21,25,27-28,30,34,40H,5,8,12,17,20,22-24,26H2,1-4,6-7H3,(H,41,45)(H,42,46);1-2H3/b18-16-,32-13+;. The summed E-state index contributed by atoms with van der Waals surface area (Å²) in [5.41, 5.74) is 4.29. The van der Waals surface area contributed by atoms with Crippen molar-refractivity contribution >= 4 is 23.3 Å². The number of ketones is 1. The number of ether oxygens (including phenoxy) is 1. The van der Waals surface area contributed by atoms with E-state index in [4.69, 9.17) is 4.74 Å². The van der Waals surface area contributed by atoms with Gasteiger partial charge in [-0.1, -0.05) is 77.6 Å². The van der Waals surface area contributed by atoms with Crippen molar-refractivity contribution in [2.45, 2.75) is 105 Å². The van der Waals surface area contributed by atoms with E-state index in [1.165, 1.54) is 0 Å². The molecule has 8 nitrogen and oxygen atoms in total. The van der Waals surface area contributed by atoms with Crippen molar-refractivity contribution in [3.05, 3.63) is 101 Å². The lowest BCUT2D eigenvalue weighted by Gasteiger charge is -2.33. The van der Waals surface area contributed by atoms with Gasteiger partial charge >= 0.3 is 0 Å². The molecule has 1 aliphatic rings. The Balaban J connectivity index is 0.00000409. The van der Waals surface area contributed by atoms with Gasteiger partial charge in [0.05, 0.1) is 0 Å². The van der Waals surface area contributed by atoms with E-state index in [1.807, 2.05) is 90.1 Å². The molecule has 268 valence electrons. The van der Waals surface area contributed by atoms with Gasteiger partial charge in [0, 0.05) is 78.9 Å². The van der Waals surface area contributed by atoms with Crippen molar-refractivity contribution in [2.75, 3.05) is 25.6 Å². The van der Waals surface area contributed by atoms with Crippen LogP contribution in [0.15, 0.2) is 84.6 Å². The van der Waals surface area contributed by atoms with Gasteiger partial charge in [-0.15, -0.1) is 0 Å². The summed E-state index contributed by atoms with van der Waals surface area (Å²) >= 11 is 0. The van der Waals surface area contributed by atoms with Gasteiger partial charge in [0.2, 0.25) is 0 Å². The number of likely N-dealkylation sites (tertiary alicyclic amines) is 1. The lowest BCUT2D eigenvalue weighted by Crippen LogP contribution is -2.40. The summed E-state index contributed by atoms with van der Waals surface area (Å²) < 4.78 is 5.15. The number of allylic oxidation sites excluding steroid dienone is 2. The number of rotatable bonds is 18. The molecule has 8 heteroatoms. The van der Waals surface area contributed by atoms with E-state index in [0.717, 1.165) is 43.4 Å². The summed E-state index contributed by atoms with van der Waals surface area (Å²) in [4.78, 5) is 41.5. The number of nitrogens with one attached hydrogen (secondary N) is 3. The first-order valence-electron chi connectivity index (χ1n) is 17.9. The fourth-order valence-corrected chi connectivity index (χ4v) is 6.00. The molecule has 3 N–H and O–H groups in total. The van der Waals surface area contributed by atoms with Gasteiger partial charge in [-0.25, -0.2) is 0 Å². The summed E-state index contributed by atoms with van der Waals surface area (Å²) in [6, 6.07) is 15.5. The van der Waals surface area contributed by atoms with Gasteiger partial charge in [-0.05, 0) is 81.9 Å². The molecule has 2 amide bonds. The minimum absolute atomic E-state index is 0.0365. The number of anilines is 1. The van der Waals surface area contributed by atoms with Crippen LogP contribution >= 0.6 is 0 Å². The Morgan fingerprint density at radius 3 is 2.41 bits per heavy atom. The van der Waals surface area contributed by atoms with Crippen LogP contribution in [-0.2, 0) is 16.1 Å². The van der Waals surface area contributed by atoms with Crippen LogP contribution in [0.4, 0.5) is 5.69 Å². The number of Topliss-reactive ketones (excluding diaryl/α,β-unsaturated/α-hetero) is 1. The molecule has 1 fully saturated rings. The van der Waals surface area contributed by atoms with Crippen LogP contribution in [0.5, 0.6) is 0 Å². The molecule has 2 aromatic carbocycles. The van der Waals surface area contributed by atoms with Gasteiger partial charge in [0.1, 0.15) is 0 Å². The second-order valence-corrected chi connectivity index (χ2v) is 12.7. The minimum atomic E-state index is -0.173. The number of amides is 2. The summed E-state index contributed by atoms with van der Waals surface area (Å²) in [5, 5.41) is 9.52. The molecular formula is C41H60N4O4. The summed E-state index contributed by atoms with van der Waals surface area (Å²) in [5.74, 6) is -0.402. The average Bonchev–Trinajstić information content (AvgIpc) is 3.47. The van der Waals surface area contributed by atoms with Crippen LogP contribution in [0.3, 0.4) is 0 Å². The molecule has 0 bridgehead atoms. The molecule has 3 atom stereocenters. The first-order chi connectivity index (χ1) is 23.5. The third-order valence-electron chi connectivity index (χ3n) is 8.47. The second-order valence-electron chi connectivity index (χ2n) is 12.7. The van der Waals surface area contributed by atoms with Crippen molar-refractivity contribution < 1.29 is 19.1 Å². The van der Waals surface area contributed by atoms with E-state index < -0.39 is 0 Å². The Morgan fingerprint density at radius 1 is 1.04 bits per heavy atom. The highest BCUT2D eigenvalue weighted by Gasteiger charge is 2.32. The predicted octanol–water partition coefficient (Wildman–Crippen LogP) is 8.08. The monoisotopic (exact) mass is 672 g/mol. The summed E-state index contributed by atoms with van der Waals surface area (Å²) in [7, 11) is 1.66. The summed E-state index contributed by atoms with van der Waals surface area (Å²) in [6.07, 6.45) is 10.0. The molecule has 2 aromatic rings. The zero-order valence-corrected chi connectivity index (χ0v) is 31.1. The molecular weight excluding hydrogens is 612 g/mol. The number of nitrogens with zero attached hydrogens (tertiary/aromatic N) is 1. The average molecular weight is 673 g/mol.